The van der Waals surface area contributed by atoms with Crippen LogP contribution in [-0.4, -0.2) is 6.04 Å². The quantitative estimate of drug-likeness (QED) is 0.805. The van der Waals surface area contributed by atoms with Crippen molar-refractivity contribution in [1.82, 2.24) is 5.32 Å². The van der Waals surface area contributed by atoms with Gasteiger partial charge >= 0.3 is 0 Å². The molecule has 21 heavy (non-hydrogen) atoms. The maximum Gasteiger partial charge on any atom is 0.125 e. The average molecular weight is 283 g/mol. The fourth-order valence-electron chi connectivity index (χ4n) is 3.33. The van der Waals surface area contributed by atoms with E-state index >= 15 is 0 Å². The van der Waals surface area contributed by atoms with Crippen molar-refractivity contribution in [1.29, 1.82) is 0 Å². The van der Waals surface area contributed by atoms with Gasteiger partial charge in [0, 0.05) is 6.04 Å². The summed E-state index contributed by atoms with van der Waals surface area (Å²) in [5.41, 5.74) is 1.28. The number of hydrogen-bond donors (Lipinski definition) is 1. The monoisotopic (exact) mass is 283 g/mol. The first kappa shape index (κ1) is 14.4. The van der Waals surface area contributed by atoms with Gasteiger partial charge in [-0.25, -0.2) is 0 Å². The number of furan rings is 1. The van der Waals surface area contributed by atoms with Crippen molar-refractivity contribution in [3.63, 3.8) is 0 Å². The van der Waals surface area contributed by atoms with Crippen molar-refractivity contribution < 1.29 is 4.42 Å². The molecule has 1 aromatic heterocycles. The summed E-state index contributed by atoms with van der Waals surface area (Å²) in [7, 11) is 0. The van der Waals surface area contributed by atoms with Crippen LogP contribution in [0, 0.1) is 5.92 Å². The maximum absolute atomic E-state index is 5.68. The Bertz CT molecular complexity index is 520. The summed E-state index contributed by atoms with van der Waals surface area (Å²) in [5, 5.41) is 3.84. The lowest BCUT2D eigenvalue weighted by Crippen LogP contribution is -2.33. The van der Waals surface area contributed by atoms with Gasteiger partial charge < -0.3 is 9.73 Å². The molecule has 0 aliphatic heterocycles. The molecule has 2 aromatic rings. The van der Waals surface area contributed by atoms with E-state index in [1.807, 2.05) is 6.07 Å². The van der Waals surface area contributed by atoms with Crippen LogP contribution in [0.1, 0.15) is 56.4 Å². The zero-order valence-corrected chi connectivity index (χ0v) is 12.8. The molecule has 0 radical (unpaired) electrons. The van der Waals surface area contributed by atoms with E-state index < -0.39 is 0 Å². The van der Waals surface area contributed by atoms with Gasteiger partial charge in [0.2, 0.25) is 0 Å². The third-order valence-electron chi connectivity index (χ3n) is 4.62. The number of hydrogen-bond acceptors (Lipinski definition) is 2. The van der Waals surface area contributed by atoms with Crippen molar-refractivity contribution in [2.24, 2.45) is 5.92 Å². The minimum atomic E-state index is 0.166. The van der Waals surface area contributed by atoms with Gasteiger partial charge in [0.05, 0.1) is 12.3 Å². The summed E-state index contributed by atoms with van der Waals surface area (Å²) in [6.07, 6.45) is 8.34. The molecule has 0 bridgehead atoms. The van der Waals surface area contributed by atoms with Crippen LogP contribution in [0.25, 0.3) is 0 Å². The summed E-state index contributed by atoms with van der Waals surface area (Å²) in [6.45, 7) is 2.38. The predicted molar refractivity (Wildman–Crippen MR) is 86.2 cm³/mol. The van der Waals surface area contributed by atoms with Crippen LogP contribution in [0.5, 0.6) is 0 Å². The van der Waals surface area contributed by atoms with Crippen molar-refractivity contribution >= 4 is 0 Å². The van der Waals surface area contributed by atoms with Gasteiger partial charge in [-0.1, -0.05) is 50.1 Å². The first-order valence-electron chi connectivity index (χ1n) is 8.17. The minimum Gasteiger partial charge on any atom is -0.467 e. The van der Waals surface area contributed by atoms with Crippen molar-refractivity contribution in [2.45, 2.75) is 51.1 Å². The highest BCUT2D eigenvalue weighted by Crippen LogP contribution is 2.28. The van der Waals surface area contributed by atoms with Gasteiger partial charge in [0.25, 0.3) is 0 Å². The number of nitrogens with one attached hydrogen (secondary N) is 1. The lowest BCUT2D eigenvalue weighted by molar-refractivity contribution is 0.377. The topological polar surface area (TPSA) is 25.2 Å². The molecule has 3 rings (SSSR count). The molecule has 112 valence electrons. The van der Waals surface area contributed by atoms with E-state index in [9.17, 15) is 0 Å². The predicted octanol–water partition coefficient (Wildman–Crippen LogP) is 4.93. The van der Waals surface area contributed by atoms with Gasteiger partial charge in [0.1, 0.15) is 5.76 Å². The molecule has 1 heterocycles. The van der Waals surface area contributed by atoms with Crippen LogP contribution in [-0.2, 0) is 0 Å². The van der Waals surface area contributed by atoms with E-state index in [1.54, 1.807) is 6.26 Å². The molecule has 1 fully saturated rings. The van der Waals surface area contributed by atoms with E-state index in [2.05, 4.69) is 48.6 Å². The van der Waals surface area contributed by atoms with Gasteiger partial charge in [-0.05, 0) is 42.9 Å². The maximum atomic E-state index is 5.68. The van der Waals surface area contributed by atoms with Crippen LogP contribution >= 0.6 is 0 Å². The Kier molecular flexibility index (Phi) is 4.76. The first-order chi connectivity index (χ1) is 10.3. The van der Waals surface area contributed by atoms with E-state index in [0.717, 1.165) is 11.7 Å². The largest absolute Gasteiger partial charge is 0.467 e. The van der Waals surface area contributed by atoms with E-state index in [4.69, 9.17) is 4.42 Å². The first-order valence-corrected chi connectivity index (χ1v) is 8.17. The van der Waals surface area contributed by atoms with Crippen LogP contribution < -0.4 is 5.32 Å². The highest BCUT2D eigenvalue weighted by atomic mass is 16.3. The van der Waals surface area contributed by atoms with Crippen LogP contribution in [0.4, 0.5) is 0 Å². The molecule has 1 saturated carbocycles. The molecule has 1 aliphatic rings. The Morgan fingerprint density at radius 1 is 1.00 bits per heavy atom. The van der Waals surface area contributed by atoms with Crippen LogP contribution in [0.15, 0.2) is 53.1 Å². The molecule has 3 atom stereocenters. The molecule has 1 N–H and O–H groups in total. The zero-order chi connectivity index (χ0) is 14.5. The number of benzene rings is 1. The molecule has 3 unspecified atom stereocenters. The van der Waals surface area contributed by atoms with Crippen molar-refractivity contribution in [3.8, 4) is 0 Å². The second-order valence-electron chi connectivity index (χ2n) is 6.34. The Labute approximate surface area is 127 Å². The molecule has 0 spiro atoms. The Morgan fingerprint density at radius 3 is 2.62 bits per heavy atom. The lowest BCUT2D eigenvalue weighted by atomic mass is 10.0. The fraction of sp³-hybridized carbons (Fsp3) is 0.474. The summed E-state index contributed by atoms with van der Waals surface area (Å²) in [6, 6.07) is 15.4. The molecular formula is C19H25NO. The van der Waals surface area contributed by atoms with Crippen molar-refractivity contribution in [2.75, 3.05) is 0 Å². The third kappa shape index (κ3) is 3.76. The highest BCUT2D eigenvalue weighted by Gasteiger charge is 2.22. The zero-order valence-electron chi connectivity index (χ0n) is 12.8. The van der Waals surface area contributed by atoms with Gasteiger partial charge in [-0.15, -0.1) is 0 Å². The summed E-state index contributed by atoms with van der Waals surface area (Å²) in [5.74, 6) is 1.88. The summed E-state index contributed by atoms with van der Waals surface area (Å²) < 4.78 is 5.68. The fourth-order valence-corrected chi connectivity index (χ4v) is 3.33. The normalized spacial score (nSPS) is 24.4. The Morgan fingerprint density at radius 2 is 1.86 bits per heavy atom. The molecule has 1 aromatic carbocycles. The Hall–Kier alpha value is -1.54. The SMILES string of the molecule is CC1CCCC(NC(c2ccccc2)c2ccco2)CC1. The summed E-state index contributed by atoms with van der Waals surface area (Å²) in [4.78, 5) is 0. The van der Waals surface area contributed by atoms with E-state index in [1.165, 1.54) is 37.7 Å². The Balaban J connectivity index is 1.77. The smallest absolute Gasteiger partial charge is 0.125 e. The second kappa shape index (κ2) is 6.95. The van der Waals surface area contributed by atoms with Crippen LogP contribution in [0.3, 0.4) is 0 Å². The van der Waals surface area contributed by atoms with E-state index in [-0.39, 0.29) is 6.04 Å². The third-order valence-corrected chi connectivity index (χ3v) is 4.62. The highest BCUT2D eigenvalue weighted by molar-refractivity contribution is 5.26. The second-order valence-corrected chi connectivity index (χ2v) is 6.34. The van der Waals surface area contributed by atoms with Gasteiger partial charge in [-0.2, -0.15) is 0 Å². The lowest BCUT2D eigenvalue weighted by Gasteiger charge is -2.24. The van der Waals surface area contributed by atoms with Crippen molar-refractivity contribution in [3.05, 3.63) is 60.1 Å². The molecule has 0 amide bonds. The molecule has 2 heteroatoms. The van der Waals surface area contributed by atoms with Gasteiger partial charge in [-0.3, -0.25) is 0 Å². The molecule has 0 saturated heterocycles. The molecule has 2 nitrogen and oxygen atoms in total. The average Bonchev–Trinajstić information content (AvgIpc) is 2.96. The van der Waals surface area contributed by atoms with E-state index in [0.29, 0.717) is 6.04 Å². The molecule has 1 aliphatic carbocycles. The van der Waals surface area contributed by atoms with Gasteiger partial charge in [0.15, 0.2) is 0 Å². The number of rotatable bonds is 4. The minimum absolute atomic E-state index is 0.166. The van der Waals surface area contributed by atoms with Crippen LogP contribution in [0.2, 0.25) is 0 Å². The standard InChI is InChI=1S/C19H25NO/c1-15-7-5-10-17(13-12-15)20-19(18-11-6-14-21-18)16-8-3-2-4-9-16/h2-4,6,8-9,11,14-15,17,19-20H,5,7,10,12-13H2,1H3. The summed E-state index contributed by atoms with van der Waals surface area (Å²) >= 11 is 0. The molecular weight excluding hydrogens is 258 g/mol.